The van der Waals surface area contributed by atoms with Gasteiger partial charge in [0.1, 0.15) is 11.4 Å². The summed E-state index contributed by atoms with van der Waals surface area (Å²) in [5, 5.41) is 2.77. The van der Waals surface area contributed by atoms with E-state index in [2.05, 4.69) is 5.32 Å². The number of carbonyl (C=O) groups excluding carboxylic acids is 2. The van der Waals surface area contributed by atoms with E-state index in [9.17, 15) is 14.0 Å². The fraction of sp³-hybridized carbons (Fsp3) is 0.250. The second kappa shape index (κ2) is 5.94. The maximum absolute atomic E-state index is 13.1. The number of nitrogens with zero attached hydrogens (tertiary/aromatic N) is 1. The Hall–Kier alpha value is -1.92. The van der Waals surface area contributed by atoms with Crippen molar-refractivity contribution >= 4 is 34.9 Å². The van der Waals surface area contributed by atoms with Gasteiger partial charge in [0.05, 0.1) is 10.9 Å². The second-order valence-electron chi connectivity index (χ2n) is 5.29. The van der Waals surface area contributed by atoms with E-state index in [1.54, 1.807) is 12.1 Å². The number of urea groups is 1. The summed E-state index contributed by atoms with van der Waals surface area (Å²) in [4.78, 5) is 27.2. The lowest BCUT2D eigenvalue weighted by Gasteiger charge is -2.25. The van der Waals surface area contributed by atoms with Gasteiger partial charge in [0.15, 0.2) is 0 Å². The number of halogens is 2. The Morgan fingerprint density at radius 1 is 1.22 bits per heavy atom. The Labute approximate surface area is 141 Å². The Morgan fingerprint density at radius 2 is 1.91 bits per heavy atom. The molecule has 0 spiro atoms. The molecule has 1 N–H and O–H groups in total. The quantitative estimate of drug-likeness (QED) is 0.848. The molecule has 0 saturated carbocycles. The molecule has 3 amide bonds. The van der Waals surface area contributed by atoms with Crippen molar-refractivity contribution in [2.24, 2.45) is 0 Å². The van der Waals surface area contributed by atoms with Crippen LogP contribution < -0.4 is 5.32 Å². The molecule has 1 aromatic heterocycles. The zero-order valence-corrected chi connectivity index (χ0v) is 13.9. The molecule has 1 aromatic carbocycles. The summed E-state index contributed by atoms with van der Waals surface area (Å²) in [5.74, 6) is -0.719. The van der Waals surface area contributed by atoms with Crippen molar-refractivity contribution in [1.82, 2.24) is 10.2 Å². The molecule has 3 rings (SSSR count). The van der Waals surface area contributed by atoms with Gasteiger partial charge in [-0.2, -0.15) is 0 Å². The van der Waals surface area contributed by atoms with Crippen LogP contribution in [0.25, 0.3) is 0 Å². The van der Waals surface area contributed by atoms with Gasteiger partial charge >= 0.3 is 6.03 Å². The smallest absolute Gasteiger partial charge is 0.319 e. The summed E-state index contributed by atoms with van der Waals surface area (Å²) in [5.41, 5.74) is -0.572. The minimum Gasteiger partial charge on any atom is -0.319 e. The second-order valence-corrected chi connectivity index (χ2v) is 7.09. The monoisotopic (exact) mass is 352 g/mol. The Balaban J connectivity index is 1.93. The SMILES string of the molecule is CCC1(c2ccc(F)cc2)NC(=O)N(Cc2ccc(Cl)s2)C1=O. The van der Waals surface area contributed by atoms with E-state index in [0.717, 1.165) is 4.88 Å². The average molecular weight is 353 g/mol. The molecule has 4 nitrogen and oxygen atoms in total. The Bertz CT molecular complexity index is 762. The summed E-state index contributed by atoms with van der Waals surface area (Å²) in [6.07, 6.45) is 0.380. The number of imide groups is 1. The Morgan fingerprint density at radius 3 is 2.48 bits per heavy atom. The lowest BCUT2D eigenvalue weighted by molar-refractivity contribution is -0.132. The topological polar surface area (TPSA) is 49.4 Å². The zero-order valence-electron chi connectivity index (χ0n) is 12.3. The van der Waals surface area contributed by atoms with Gasteiger partial charge in [0.2, 0.25) is 0 Å². The van der Waals surface area contributed by atoms with Crippen molar-refractivity contribution in [3.05, 3.63) is 57.0 Å². The summed E-state index contributed by atoms with van der Waals surface area (Å²) >= 11 is 7.22. The molecule has 0 radical (unpaired) electrons. The van der Waals surface area contributed by atoms with E-state index in [0.29, 0.717) is 16.3 Å². The van der Waals surface area contributed by atoms with Crippen LogP contribution in [0.3, 0.4) is 0 Å². The minimum atomic E-state index is -1.15. The van der Waals surface area contributed by atoms with Crippen LogP contribution in [-0.2, 0) is 16.9 Å². The minimum absolute atomic E-state index is 0.172. The van der Waals surface area contributed by atoms with Crippen LogP contribution in [0.15, 0.2) is 36.4 Å². The number of carbonyl (C=O) groups is 2. The van der Waals surface area contributed by atoms with Crippen LogP contribution in [-0.4, -0.2) is 16.8 Å². The van der Waals surface area contributed by atoms with Gasteiger partial charge in [-0.1, -0.05) is 30.7 Å². The van der Waals surface area contributed by atoms with Gasteiger partial charge in [0.25, 0.3) is 5.91 Å². The van der Waals surface area contributed by atoms with Gasteiger partial charge in [-0.15, -0.1) is 11.3 Å². The number of nitrogens with one attached hydrogen (secondary N) is 1. The third kappa shape index (κ3) is 2.72. The maximum atomic E-state index is 13.1. The number of thiophene rings is 1. The van der Waals surface area contributed by atoms with Gasteiger partial charge in [-0.05, 0) is 36.2 Å². The van der Waals surface area contributed by atoms with Crippen LogP contribution in [0.2, 0.25) is 4.34 Å². The number of hydrogen-bond donors (Lipinski definition) is 1. The molecule has 0 aliphatic carbocycles. The molecule has 7 heteroatoms. The normalized spacial score (nSPS) is 20.9. The molecule has 1 unspecified atom stereocenters. The fourth-order valence-corrected chi connectivity index (χ4v) is 3.81. The molecule has 1 fully saturated rings. The van der Waals surface area contributed by atoms with Crippen LogP contribution in [0, 0.1) is 5.82 Å². The summed E-state index contributed by atoms with van der Waals surface area (Å²) in [7, 11) is 0. The van der Waals surface area contributed by atoms with Gasteiger partial charge in [-0.3, -0.25) is 9.69 Å². The highest BCUT2D eigenvalue weighted by Gasteiger charge is 2.51. The predicted molar refractivity (Wildman–Crippen MR) is 86.8 cm³/mol. The first-order chi connectivity index (χ1) is 11.0. The largest absolute Gasteiger partial charge is 0.325 e. The highest BCUT2D eigenvalue weighted by atomic mass is 35.5. The van der Waals surface area contributed by atoms with Crippen LogP contribution in [0.1, 0.15) is 23.8 Å². The van der Waals surface area contributed by atoms with Crippen molar-refractivity contribution < 1.29 is 14.0 Å². The van der Waals surface area contributed by atoms with Crippen molar-refractivity contribution in [3.8, 4) is 0 Å². The molecule has 1 saturated heterocycles. The van der Waals surface area contributed by atoms with Crippen LogP contribution in [0.5, 0.6) is 0 Å². The molecule has 23 heavy (non-hydrogen) atoms. The van der Waals surface area contributed by atoms with E-state index in [4.69, 9.17) is 11.6 Å². The zero-order chi connectivity index (χ0) is 16.6. The van der Waals surface area contributed by atoms with E-state index < -0.39 is 11.6 Å². The molecule has 1 aliphatic heterocycles. The van der Waals surface area contributed by atoms with Crippen molar-refractivity contribution in [2.75, 3.05) is 0 Å². The molecule has 2 aromatic rings. The highest BCUT2D eigenvalue weighted by molar-refractivity contribution is 7.16. The first-order valence-electron chi connectivity index (χ1n) is 7.10. The molecule has 0 bridgehead atoms. The maximum Gasteiger partial charge on any atom is 0.325 e. The van der Waals surface area contributed by atoms with Gasteiger partial charge in [-0.25, -0.2) is 9.18 Å². The van der Waals surface area contributed by atoms with Crippen molar-refractivity contribution in [3.63, 3.8) is 0 Å². The average Bonchev–Trinajstić information content (AvgIpc) is 3.05. The highest BCUT2D eigenvalue weighted by Crippen LogP contribution is 2.34. The lowest BCUT2D eigenvalue weighted by Crippen LogP contribution is -2.43. The number of amides is 3. The van der Waals surface area contributed by atoms with E-state index in [1.165, 1.54) is 40.5 Å². The number of hydrogen-bond acceptors (Lipinski definition) is 3. The third-order valence-electron chi connectivity index (χ3n) is 3.99. The number of rotatable bonds is 4. The molecule has 120 valence electrons. The van der Waals surface area contributed by atoms with Crippen LogP contribution in [0.4, 0.5) is 9.18 Å². The Kier molecular flexibility index (Phi) is 4.12. The molecular formula is C16H14ClFN2O2S. The van der Waals surface area contributed by atoms with Gasteiger partial charge < -0.3 is 5.32 Å². The predicted octanol–water partition coefficient (Wildman–Crippen LogP) is 3.90. The van der Waals surface area contributed by atoms with E-state index in [-0.39, 0.29) is 18.3 Å². The van der Waals surface area contributed by atoms with E-state index >= 15 is 0 Å². The first kappa shape index (κ1) is 16.0. The summed E-state index contributed by atoms with van der Waals surface area (Å²) < 4.78 is 13.8. The summed E-state index contributed by atoms with van der Waals surface area (Å²) in [6.45, 7) is 1.98. The molecular weight excluding hydrogens is 339 g/mol. The lowest BCUT2D eigenvalue weighted by atomic mass is 9.87. The van der Waals surface area contributed by atoms with E-state index in [1.807, 2.05) is 6.92 Å². The molecule has 1 atom stereocenters. The third-order valence-corrected chi connectivity index (χ3v) is 5.20. The van der Waals surface area contributed by atoms with Crippen molar-refractivity contribution in [2.45, 2.75) is 25.4 Å². The fourth-order valence-electron chi connectivity index (χ4n) is 2.74. The summed E-state index contributed by atoms with van der Waals surface area (Å²) in [6, 6.07) is 8.70. The number of benzene rings is 1. The standard InChI is InChI=1S/C16H14ClFN2O2S/c1-2-16(10-3-5-11(18)6-4-10)14(21)20(15(22)19-16)9-12-7-8-13(17)23-12/h3-8H,2,9H2,1H3,(H,19,22). The first-order valence-corrected chi connectivity index (χ1v) is 8.30. The molecule has 1 aliphatic rings. The van der Waals surface area contributed by atoms with Crippen molar-refractivity contribution in [1.29, 1.82) is 0 Å². The molecule has 2 heterocycles. The van der Waals surface area contributed by atoms with Crippen LogP contribution >= 0.6 is 22.9 Å². The van der Waals surface area contributed by atoms with Gasteiger partial charge in [0, 0.05) is 4.88 Å².